The van der Waals surface area contributed by atoms with Gasteiger partial charge in [0.2, 0.25) is 5.89 Å². The van der Waals surface area contributed by atoms with Gasteiger partial charge in [0, 0.05) is 19.5 Å². The maximum absolute atomic E-state index is 5.39. The van der Waals surface area contributed by atoms with Crippen LogP contribution in [0.5, 0.6) is 0 Å². The van der Waals surface area contributed by atoms with E-state index in [2.05, 4.69) is 20.4 Å². The van der Waals surface area contributed by atoms with Crippen molar-refractivity contribution in [2.45, 2.75) is 44.9 Å². The summed E-state index contributed by atoms with van der Waals surface area (Å²) in [6, 6.07) is 0. The molecule has 0 aliphatic carbocycles. The van der Waals surface area contributed by atoms with Crippen molar-refractivity contribution < 1.29 is 4.52 Å². The third-order valence-corrected chi connectivity index (χ3v) is 4.32. The van der Waals surface area contributed by atoms with Crippen molar-refractivity contribution in [1.82, 2.24) is 15.5 Å². The summed E-state index contributed by atoms with van der Waals surface area (Å²) >= 11 is 0. The van der Waals surface area contributed by atoms with Crippen LogP contribution in [0.15, 0.2) is 4.52 Å². The van der Waals surface area contributed by atoms with Crippen LogP contribution in [-0.2, 0) is 6.42 Å². The van der Waals surface area contributed by atoms with Crippen molar-refractivity contribution >= 4 is 5.95 Å². The van der Waals surface area contributed by atoms with Crippen LogP contribution in [0.1, 0.15) is 44.4 Å². The van der Waals surface area contributed by atoms with E-state index in [9.17, 15) is 0 Å². The molecule has 5 nitrogen and oxygen atoms in total. The Hall–Kier alpha value is -1.10. The van der Waals surface area contributed by atoms with E-state index < -0.39 is 0 Å². The van der Waals surface area contributed by atoms with Crippen LogP contribution in [0, 0.1) is 5.92 Å². The average molecular weight is 264 g/mol. The topological polar surface area (TPSA) is 54.2 Å². The van der Waals surface area contributed by atoms with E-state index in [0.717, 1.165) is 50.4 Å². The van der Waals surface area contributed by atoms with Gasteiger partial charge < -0.3 is 14.7 Å². The molecule has 1 N–H and O–H groups in total. The van der Waals surface area contributed by atoms with E-state index in [1.165, 1.54) is 38.5 Å². The molecule has 0 atom stereocenters. The molecule has 0 unspecified atom stereocenters. The number of aromatic nitrogens is 2. The molecule has 0 radical (unpaired) electrons. The predicted octanol–water partition coefficient (Wildman–Crippen LogP) is 1.99. The zero-order valence-electron chi connectivity index (χ0n) is 11.6. The van der Waals surface area contributed by atoms with E-state index in [1.54, 1.807) is 0 Å². The summed E-state index contributed by atoms with van der Waals surface area (Å²) in [4.78, 5) is 6.80. The van der Waals surface area contributed by atoms with Gasteiger partial charge in [-0.2, -0.15) is 4.98 Å². The second kappa shape index (κ2) is 6.37. The van der Waals surface area contributed by atoms with Gasteiger partial charge in [-0.1, -0.05) is 0 Å². The molecule has 2 saturated heterocycles. The molecular formula is C14H24N4O. The van der Waals surface area contributed by atoms with Crippen molar-refractivity contribution in [2.24, 2.45) is 5.92 Å². The van der Waals surface area contributed by atoms with Gasteiger partial charge in [0.1, 0.15) is 0 Å². The second-order valence-electron chi connectivity index (χ2n) is 5.77. The minimum absolute atomic E-state index is 0.806. The van der Waals surface area contributed by atoms with Gasteiger partial charge in [-0.3, -0.25) is 0 Å². The molecule has 1 aromatic heterocycles. The van der Waals surface area contributed by atoms with Gasteiger partial charge >= 0.3 is 0 Å². The van der Waals surface area contributed by atoms with Crippen LogP contribution in [0.2, 0.25) is 0 Å². The third-order valence-electron chi connectivity index (χ3n) is 4.32. The minimum atomic E-state index is 0.806. The molecule has 0 bridgehead atoms. The molecule has 3 rings (SSSR count). The van der Waals surface area contributed by atoms with E-state index >= 15 is 0 Å². The van der Waals surface area contributed by atoms with Gasteiger partial charge in [0.15, 0.2) is 0 Å². The SMILES string of the molecule is C1CCN(c2noc(CCC3CCNCC3)n2)CC1. The highest BCUT2D eigenvalue weighted by molar-refractivity contribution is 5.27. The van der Waals surface area contributed by atoms with Crippen molar-refractivity contribution in [3.63, 3.8) is 0 Å². The number of piperidine rings is 2. The summed E-state index contributed by atoms with van der Waals surface area (Å²) < 4.78 is 5.39. The zero-order valence-corrected chi connectivity index (χ0v) is 11.6. The first kappa shape index (κ1) is 12.9. The van der Waals surface area contributed by atoms with Gasteiger partial charge in [-0.15, -0.1) is 0 Å². The van der Waals surface area contributed by atoms with Crippen LogP contribution in [0.3, 0.4) is 0 Å². The average Bonchev–Trinajstić information content (AvgIpc) is 2.96. The molecule has 19 heavy (non-hydrogen) atoms. The highest BCUT2D eigenvalue weighted by atomic mass is 16.5. The predicted molar refractivity (Wildman–Crippen MR) is 74.3 cm³/mol. The quantitative estimate of drug-likeness (QED) is 0.901. The fourth-order valence-electron chi connectivity index (χ4n) is 3.07. The monoisotopic (exact) mass is 264 g/mol. The molecule has 3 heterocycles. The van der Waals surface area contributed by atoms with Crippen molar-refractivity contribution in [3.05, 3.63) is 5.89 Å². The summed E-state index contributed by atoms with van der Waals surface area (Å²) in [5.74, 6) is 2.45. The number of hydrogen-bond acceptors (Lipinski definition) is 5. The Morgan fingerprint density at radius 2 is 1.95 bits per heavy atom. The van der Waals surface area contributed by atoms with Crippen LogP contribution >= 0.6 is 0 Å². The highest BCUT2D eigenvalue weighted by Gasteiger charge is 2.18. The first-order valence-corrected chi connectivity index (χ1v) is 7.70. The number of anilines is 1. The van der Waals surface area contributed by atoms with Crippen LogP contribution in [0.4, 0.5) is 5.95 Å². The van der Waals surface area contributed by atoms with Crippen LogP contribution in [-0.4, -0.2) is 36.3 Å². The molecule has 2 fully saturated rings. The summed E-state index contributed by atoms with van der Waals surface area (Å²) in [5.41, 5.74) is 0. The summed E-state index contributed by atoms with van der Waals surface area (Å²) in [7, 11) is 0. The Bertz CT molecular complexity index is 381. The van der Waals surface area contributed by atoms with Crippen LogP contribution in [0.25, 0.3) is 0 Å². The van der Waals surface area contributed by atoms with Gasteiger partial charge in [-0.25, -0.2) is 0 Å². The van der Waals surface area contributed by atoms with Crippen LogP contribution < -0.4 is 10.2 Å². The third kappa shape index (κ3) is 3.47. The standard InChI is InChI=1S/C14H24N4O/c1-2-10-18(11-3-1)14-16-13(19-17-14)5-4-12-6-8-15-9-7-12/h12,15H,1-11H2. The normalized spacial score (nSPS) is 21.8. The summed E-state index contributed by atoms with van der Waals surface area (Å²) in [5, 5.41) is 7.53. The number of rotatable bonds is 4. The van der Waals surface area contributed by atoms with Gasteiger partial charge in [0.25, 0.3) is 5.95 Å². The lowest BCUT2D eigenvalue weighted by atomic mass is 9.93. The number of nitrogens with zero attached hydrogens (tertiary/aromatic N) is 3. The van der Waals surface area contributed by atoms with Crippen molar-refractivity contribution in [1.29, 1.82) is 0 Å². The highest BCUT2D eigenvalue weighted by Crippen LogP contribution is 2.20. The fraction of sp³-hybridized carbons (Fsp3) is 0.857. The van der Waals surface area contributed by atoms with Crippen molar-refractivity contribution in [3.8, 4) is 0 Å². The second-order valence-corrected chi connectivity index (χ2v) is 5.77. The van der Waals surface area contributed by atoms with E-state index in [1.807, 2.05) is 0 Å². The number of hydrogen-bond donors (Lipinski definition) is 1. The Labute approximate surface area is 114 Å². The molecule has 0 amide bonds. The number of aryl methyl sites for hydroxylation is 1. The van der Waals surface area contributed by atoms with E-state index in [4.69, 9.17) is 4.52 Å². The molecule has 106 valence electrons. The largest absolute Gasteiger partial charge is 0.338 e. The Kier molecular flexibility index (Phi) is 4.33. The first-order valence-electron chi connectivity index (χ1n) is 7.70. The maximum Gasteiger partial charge on any atom is 0.266 e. The van der Waals surface area contributed by atoms with E-state index in [0.29, 0.717) is 0 Å². The lowest BCUT2D eigenvalue weighted by Gasteiger charge is -2.24. The van der Waals surface area contributed by atoms with Gasteiger partial charge in [0.05, 0.1) is 0 Å². The van der Waals surface area contributed by atoms with E-state index in [-0.39, 0.29) is 0 Å². The molecule has 0 spiro atoms. The Morgan fingerprint density at radius 3 is 2.74 bits per heavy atom. The minimum Gasteiger partial charge on any atom is -0.338 e. The molecule has 2 aliphatic heterocycles. The van der Waals surface area contributed by atoms with Gasteiger partial charge in [-0.05, 0) is 62.7 Å². The lowest BCUT2D eigenvalue weighted by molar-refractivity contribution is 0.324. The smallest absolute Gasteiger partial charge is 0.266 e. The molecule has 0 saturated carbocycles. The molecule has 0 aromatic carbocycles. The van der Waals surface area contributed by atoms with Crippen molar-refractivity contribution in [2.75, 3.05) is 31.1 Å². The Morgan fingerprint density at radius 1 is 1.16 bits per heavy atom. The molecular weight excluding hydrogens is 240 g/mol. The first-order chi connectivity index (χ1) is 9.42. The maximum atomic E-state index is 5.39. The Balaban J connectivity index is 1.49. The summed E-state index contributed by atoms with van der Waals surface area (Å²) in [6.45, 7) is 4.47. The number of nitrogens with one attached hydrogen (secondary N) is 1. The summed E-state index contributed by atoms with van der Waals surface area (Å²) in [6.07, 6.45) is 8.52. The molecule has 1 aromatic rings. The zero-order chi connectivity index (χ0) is 12.9. The lowest BCUT2D eigenvalue weighted by Crippen LogP contribution is -2.30. The molecule has 5 heteroatoms. The fourth-order valence-corrected chi connectivity index (χ4v) is 3.07. The molecule has 2 aliphatic rings.